The molecule has 0 aromatic heterocycles. The van der Waals surface area contributed by atoms with Crippen LogP contribution in [0.2, 0.25) is 0 Å². The quantitative estimate of drug-likeness (QED) is 0.515. The number of carbonyl (C=O) groups excluding carboxylic acids is 1. The maximum atomic E-state index is 11.5. The van der Waals surface area contributed by atoms with Gasteiger partial charge in [0.2, 0.25) is 0 Å². The maximum absolute atomic E-state index is 11.5. The zero-order chi connectivity index (χ0) is 11.8. The van der Waals surface area contributed by atoms with E-state index >= 15 is 0 Å². The highest BCUT2D eigenvalue weighted by molar-refractivity contribution is 5.80. The second kappa shape index (κ2) is 6.71. The molecule has 5 heteroatoms. The van der Waals surface area contributed by atoms with Gasteiger partial charge in [-0.05, 0) is 13.8 Å². The smallest absolute Gasteiger partial charge is 0.323 e. The molecule has 0 aliphatic rings. The molecule has 0 radical (unpaired) electrons. The van der Waals surface area contributed by atoms with Gasteiger partial charge in [0.1, 0.15) is 6.54 Å². The lowest BCUT2D eigenvalue weighted by atomic mass is 10.3. The molecule has 0 unspecified atom stereocenters. The zero-order valence-electron chi connectivity index (χ0n) is 8.99. The number of nitrogens with zero attached hydrogens (tertiary/aromatic N) is 1. The highest BCUT2D eigenvalue weighted by atomic mass is 16.4. The maximum Gasteiger partial charge on any atom is 0.323 e. The van der Waals surface area contributed by atoms with Gasteiger partial charge in [0, 0.05) is 19.0 Å². The summed E-state index contributed by atoms with van der Waals surface area (Å²) in [5.74, 6) is 1.35. The first-order valence-corrected chi connectivity index (χ1v) is 4.68. The molecule has 0 heterocycles. The third kappa shape index (κ3) is 5.57. The van der Waals surface area contributed by atoms with Gasteiger partial charge in [-0.1, -0.05) is 0 Å². The highest BCUT2D eigenvalue weighted by Gasteiger charge is 2.18. The SMILES string of the molecule is C#CCCNC(=O)N(CC(=O)O)C(C)C. The van der Waals surface area contributed by atoms with Gasteiger partial charge in [-0.15, -0.1) is 12.3 Å². The Bertz CT molecular complexity index is 268. The van der Waals surface area contributed by atoms with Crippen LogP contribution in [0.25, 0.3) is 0 Å². The van der Waals surface area contributed by atoms with Crippen molar-refractivity contribution in [2.45, 2.75) is 26.3 Å². The summed E-state index contributed by atoms with van der Waals surface area (Å²) in [5, 5.41) is 11.2. The van der Waals surface area contributed by atoms with Crippen molar-refractivity contribution < 1.29 is 14.7 Å². The normalized spacial score (nSPS) is 9.47. The average molecular weight is 212 g/mol. The molecule has 0 bridgehead atoms. The lowest BCUT2D eigenvalue weighted by Gasteiger charge is -2.24. The van der Waals surface area contributed by atoms with Crippen LogP contribution in [0.3, 0.4) is 0 Å². The molecule has 0 spiro atoms. The Balaban J connectivity index is 4.18. The van der Waals surface area contributed by atoms with E-state index in [0.29, 0.717) is 13.0 Å². The van der Waals surface area contributed by atoms with E-state index in [2.05, 4.69) is 11.2 Å². The molecular weight excluding hydrogens is 196 g/mol. The Hall–Kier alpha value is -1.70. The van der Waals surface area contributed by atoms with Crippen LogP contribution in [0, 0.1) is 12.3 Å². The van der Waals surface area contributed by atoms with E-state index in [1.165, 1.54) is 4.90 Å². The summed E-state index contributed by atoms with van der Waals surface area (Å²) >= 11 is 0. The molecule has 2 amide bonds. The minimum Gasteiger partial charge on any atom is -0.480 e. The van der Waals surface area contributed by atoms with Gasteiger partial charge < -0.3 is 15.3 Å². The molecule has 84 valence electrons. The summed E-state index contributed by atoms with van der Waals surface area (Å²) in [7, 11) is 0. The molecule has 0 aromatic carbocycles. The monoisotopic (exact) mass is 212 g/mol. The molecule has 0 rings (SSSR count). The molecule has 2 N–H and O–H groups in total. The predicted molar refractivity (Wildman–Crippen MR) is 56.3 cm³/mol. The van der Waals surface area contributed by atoms with Crippen LogP contribution in [0.1, 0.15) is 20.3 Å². The third-order valence-corrected chi connectivity index (χ3v) is 1.74. The topological polar surface area (TPSA) is 69.6 Å². The van der Waals surface area contributed by atoms with Crippen molar-refractivity contribution in [1.29, 1.82) is 0 Å². The molecule has 0 aliphatic carbocycles. The van der Waals surface area contributed by atoms with Gasteiger partial charge in [0.15, 0.2) is 0 Å². The molecule has 0 saturated heterocycles. The number of nitrogens with one attached hydrogen (secondary N) is 1. The van der Waals surface area contributed by atoms with Crippen molar-refractivity contribution in [3.63, 3.8) is 0 Å². The van der Waals surface area contributed by atoms with Gasteiger partial charge in [-0.2, -0.15) is 0 Å². The number of hydrogen-bond donors (Lipinski definition) is 2. The van der Waals surface area contributed by atoms with E-state index in [1.54, 1.807) is 13.8 Å². The van der Waals surface area contributed by atoms with Gasteiger partial charge in [0.05, 0.1) is 0 Å². The summed E-state index contributed by atoms with van der Waals surface area (Å²) in [4.78, 5) is 23.2. The Morgan fingerprint density at radius 1 is 1.53 bits per heavy atom. The summed E-state index contributed by atoms with van der Waals surface area (Å²) in [5.41, 5.74) is 0. The summed E-state index contributed by atoms with van der Waals surface area (Å²) in [6.45, 7) is 3.56. The fraction of sp³-hybridized carbons (Fsp3) is 0.600. The van der Waals surface area contributed by atoms with E-state index in [0.717, 1.165) is 0 Å². The lowest BCUT2D eigenvalue weighted by Crippen LogP contribution is -2.46. The lowest BCUT2D eigenvalue weighted by molar-refractivity contribution is -0.138. The van der Waals surface area contributed by atoms with Crippen molar-refractivity contribution in [1.82, 2.24) is 10.2 Å². The Kier molecular flexibility index (Phi) is 5.95. The van der Waals surface area contributed by atoms with Crippen LogP contribution in [0.5, 0.6) is 0 Å². The number of aliphatic carboxylic acids is 1. The number of amides is 2. The van der Waals surface area contributed by atoms with Crippen LogP contribution in [0.15, 0.2) is 0 Å². The minimum atomic E-state index is -1.03. The van der Waals surface area contributed by atoms with Crippen molar-refractivity contribution in [2.75, 3.05) is 13.1 Å². The van der Waals surface area contributed by atoms with E-state index in [1.807, 2.05) is 0 Å². The molecule has 15 heavy (non-hydrogen) atoms. The van der Waals surface area contributed by atoms with Crippen LogP contribution < -0.4 is 5.32 Å². The summed E-state index contributed by atoms with van der Waals surface area (Å²) in [6, 6.07) is -0.561. The number of rotatable bonds is 5. The third-order valence-electron chi connectivity index (χ3n) is 1.74. The molecule has 0 saturated carbocycles. The second-order valence-electron chi connectivity index (χ2n) is 3.30. The zero-order valence-corrected chi connectivity index (χ0v) is 8.99. The number of terminal acetylenes is 1. The minimum absolute atomic E-state index is 0.160. The predicted octanol–water partition coefficient (Wildman–Crippen LogP) is 0.514. The summed E-state index contributed by atoms with van der Waals surface area (Å²) in [6.07, 6.45) is 5.46. The van der Waals surface area contributed by atoms with Gasteiger partial charge in [0.25, 0.3) is 0 Å². The molecule has 5 nitrogen and oxygen atoms in total. The van der Waals surface area contributed by atoms with E-state index in [4.69, 9.17) is 11.5 Å². The molecule has 0 aliphatic heterocycles. The van der Waals surface area contributed by atoms with Crippen molar-refractivity contribution in [3.8, 4) is 12.3 Å². The second-order valence-corrected chi connectivity index (χ2v) is 3.30. The largest absolute Gasteiger partial charge is 0.480 e. The number of carboxylic acids is 1. The van der Waals surface area contributed by atoms with Gasteiger partial charge in [-0.3, -0.25) is 4.79 Å². The van der Waals surface area contributed by atoms with Crippen molar-refractivity contribution in [2.24, 2.45) is 0 Å². The van der Waals surface area contributed by atoms with E-state index in [9.17, 15) is 9.59 Å². The molecule has 0 fully saturated rings. The van der Waals surface area contributed by atoms with E-state index in [-0.39, 0.29) is 12.6 Å². The fourth-order valence-electron chi connectivity index (χ4n) is 0.978. The number of carbonyl (C=O) groups is 2. The van der Waals surface area contributed by atoms with Crippen LogP contribution in [0.4, 0.5) is 4.79 Å². The van der Waals surface area contributed by atoms with Crippen LogP contribution >= 0.6 is 0 Å². The number of carboxylic acid groups (broad SMARTS) is 1. The standard InChI is InChI=1S/C10H16N2O3/c1-4-5-6-11-10(15)12(8(2)3)7-9(13)14/h1,8H,5-7H2,2-3H3,(H,11,15)(H,13,14). The molecule has 0 atom stereocenters. The molecular formula is C10H16N2O3. The van der Waals surface area contributed by atoms with Crippen LogP contribution in [-0.2, 0) is 4.79 Å². The first kappa shape index (κ1) is 13.3. The fourth-order valence-corrected chi connectivity index (χ4v) is 0.978. The van der Waals surface area contributed by atoms with E-state index < -0.39 is 12.0 Å². The van der Waals surface area contributed by atoms with Gasteiger partial charge in [-0.25, -0.2) is 4.79 Å². The number of hydrogen-bond acceptors (Lipinski definition) is 2. The number of urea groups is 1. The molecule has 0 aromatic rings. The van der Waals surface area contributed by atoms with Gasteiger partial charge >= 0.3 is 12.0 Å². The summed E-state index contributed by atoms with van der Waals surface area (Å²) < 4.78 is 0. The van der Waals surface area contributed by atoms with Crippen molar-refractivity contribution >= 4 is 12.0 Å². The first-order valence-electron chi connectivity index (χ1n) is 4.68. The Morgan fingerprint density at radius 2 is 2.13 bits per heavy atom. The first-order chi connectivity index (χ1) is 6.99. The van der Waals surface area contributed by atoms with Crippen molar-refractivity contribution in [3.05, 3.63) is 0 Å². The average Bonchev–Trinajstić information content (AvgIpc) is 2.13. The highest BCUT2D eigenvalue weighted by Crippen LogP contribution is 1.98. The Morgan fingerprint density at radius 3 is 2.53 bits per heavy atom. The van der Waals surface area contributed by atoms with Crippen LogP contribution in [-0.4, -0.2) is 41.1 Å². The Labute approximate surface area is 89.4 Å².